The van der Waals surface area contributed by atoms with E-state index in [1.165, 1.54) is 11.3 Å². The molecule has 1 fully saturated rings. The second kappa shape index (κ2) is 10.0. The molecule has 0 unspecified atom stereocenters. The van der Waals surface area contributed by atoms with E-state index in [4.69, 9.17) is 4.42 Å². The van der Waals surface area contributed by atoms with E-state index in [-0.39, 0.29) is 5.56 Å². The van der Waals surface area contributed by atoms with E-state index in [1.807, 2.05) is 30.3 Å². The molecule has 1 atom stereocenters. The van der Waals surface area contributed by atoms with Crippen molar-refractivity contribution in [2.75, 3.05) is 31.1 Å². The highest BCUT2D eigenvalue weighted by atomic mass is 16.3. The summed E-state index contributed by atoms with van der Waals surface area (Å²) in [5, 5.41) is 13.7. The van der Waals surface area contributed by atoms with Crippen LogP contribution in [0.5, 0.6) is 0 Å². The molecule has 0 radical (unpaired) electrons. The number of piperazine rings is 1. The number of aromatic nitrogens is 5. The van der Waals surface area contributed by atoms with Gasteiger partial charge in [-0.3, -0.25) is 9.69 Å². The zero-order chi connectivity index (χ0) is 25.2. The number of fused-ring (bicyclic) bond motifs is 1. The number of benzene rings is 2. The van der Waals surface area contributed by atoms with Crippen molar-refractivity contribution in [3.8, 4) is 0 Å². The molecule has 37 heavy (non-hydrogen) atoms. The number of furan rings is 1. The number of nitrogens with zero attached hydrogens (tertiary/aromatic N) is 6. The third kappa shape index (κ3) is 4.65. The zero-order valence-corrected chi connectivity index (χ0v) is 20.7. The van der Waals surface area contributed by atoms with Crippen molar-refractivity contribution in [2.24, 2.45) is 0 Å². The summed E-state index contributed by atoms with van der Waals surface area (Å²) in [5.74, 6) is 1.38. The average molecular weight is 496 g/mol. The largest absolute Gasteiger partial charge is 0.467 e. The number of H-pyrrole nitrogens is 1. The minimum atomic E-state index is -0.402. The lowest BCUT2D eigenvalue weighted by molar-refractivity contribution is 0.200. The van der Waals surface area contributed by atoms with E-state index in [2.05, 4.69) is 73.6 Å². The molecular formula is C28H29N7O2. The Morgan fingerprint density at radius 3 is 2.59 bits per heavy atom. The number of rotatable bonds is 7. The standard InChI is InChI=1S/C28H29N7O2/c1-2-20-10-11-25-21(17-20)18-24(28(36)29-25)26(27-30-31-32-35(27)19-23-9-6-16-37-23)34-14-12-33(13-15-34)22-7-4-3-5-8-22/h3-11,16-18,26H,2,12-15,19H2,1H3,(H,29,36)/t26-/m0/s1. The van der Waals surface area contributed by atoms with Crippen molar-refractivity contribution < 1.29 is 4.42 Å². The van der Waals surface area contributed by atoms with Gasteiger partial charge in [-0.05, 0) is 70.3 Å². The van der Waals surface area contributed by atoms with E-state index in [9.17, 15) is 4.79 Å². The summed E-state index contributed by atoms with van der Waals surface area (Å²) in [7, 11) is 0. The smallest absolute Gasteiger partial charge is 0.253 e. The SMILES string of the molecule is CCc1ccc2[nH]c(=O)c([C@@H](c3nnnn3Cc3ccco3)N3CCN(c4ccccc4)CC3)cc2c1. The number of tetrazole rings is 1. The maximum Gasteiger partial charge on any atom is 0.253 e. The van der Waals surface area contributed by atoms with Crippen molar-refractivity contribution in [3.63, 3.8) is 0 Å². The zero-order valence-electron chi connectivity index (χ0n) is 20.7. The van der Waals surface area contributed by atoms with Crippen molar-refractivity contribution in [1.82, 2.24) is 30.1 Å². The summed E-state index contributed by atoms with van der Waals surface area (Å²) in [6.45, 7) is 5.73. The second-order valence-electron chi connectivity index (χ2n) is 9.36. The number of anilines is 1. The Bertz CT molecular complexity index is 1530. The van der Waals surface area contributed by atoms with Crippen LogP contribution in [0.2, 0.25) is 0 Å². The van der Waals surface area contributed by atoms with Gasteiger partial charge in [0.2, 0.25) is 0 Å². The molecule has 0 saturated carbocycles. The highest BCUT2D eigenvalue weighted by molar-refractivity contribution is 5.80. The molecule has 4 heterocycles. The molecular weight excluding hydrogens is 466 g/mol. The predicted molar refractivity (Wildman–Crippen MR) is 142 cm³/mol. The Morgan fingerprint density at radius 2 is 1.84 bits per heavy atom. The van der Waals surface area contributed by atoms with Gasteiger partial charge in [-0.15, -0.1) is 5.10 Å². The Kier molecular flexibility index (Phi) is 6.28. The fraction of sp³-hybridized carbons (Fsp3) is 0.286. The number of pyridine rings is 1. The quantitative estimate of drug-likeness (QED) is 0.368. The Labute approximate surface area is 214 Å². The highest BCUT2D eigenvalue weighted by Crippen LogP contribution is 2.29. The summed E-state index contributed by atoms with van der Waals surface area (Å²) in [5.41, 5.74) is 3.77. The predicted octanol–water partition coefficient (Wildman–Crippen LogP) is 3.63. The van der Waals surface area contributed by atoms with Crippen LogP contribution >= 0.6 is 0 Å². The second-order valence-corrected chi connectivity index (χ2v) is 9.36. The third-order valence-corrected chi connectivity index (χ3v) is 7.13. The molecule has 1 aliphatic heterocycles. The molecule has 1 N–H and O–H groups in total. The molecule has 0 amide bonds. The third-order valence-electron chi connectivity index (χ3n) is 7.13. The van der Waals surface area contributed by atoms with Gasteiger partial charge in [-0.2, -0.15) is 0 Å². The summed E-state index contributed by atoms with van der Waals surface area (Å²) < 4.78 is 7.29. The fourth-order valence-electron chi connectivity index (χ4n) is 5.14. The van der Waals surface area contributed by atoms with Crippen LogP contribution in [-0.4, -0.2) is 56.3 Å². The van der Waals surface area contributed by atoms with Gasteiger partial charge < -0.3 is 14.3 Å². The van der Waals surface area contributed by atoms with Gasteiger partial charge in [0.05, 0.1) is 6.26 Å². The number of nitrogens with one attached hydrogen (secondary N) is 1. The van der Waals surface area contributed by atoms with Crippen molar-refractivity contribution in [2.45, 2.75) is 25.9 Å². The van der Waals surface area contributed by atoms with Crippen LogP contribution in [0.4, 0.5) is 5.69 Å². The van der Waals surface area contributed by atoms with E-state index in [0.29, 0.717) is 17.9 Å². The molecule has 5 aromatic rings. The number of hydrogen-bond donors (Lipinski definition) is 1. The monoisotopic (exact) mass is 495 g/mol. The van der Waals surface area contributed by atoms with Crippen LogP contribution in [0.1, 0.15) is 35.7 Å². The molecule has 0 spiro atoms. The van der Waals surface area contributed by atoms with Crippen molar-refractivity contribution >= 4 is 16.6 Å². The van der Waals surface area contributed by atoms with Gasteiger partial charge in [-0.25, -0.2) is 4.68 Å². The highest BCUT2D eigenvalue weighted by Gasteiger charge is 2.33. The number of para-hydroxylation sites is 1. The number of aromatic amines is 1. The molecule has 188 valence electrons. The molecule has 1 saturated heterocycles. The molecule has 6 rings (SSSR count). The first-order valence-corrected chi connectivity index (χ1v) is 12.7. The molecule has 9 heteroatoms. The van der Waals surface area contributed by atoms with Gasteiger partial charge in [0.1, 0.15) is 18.3 Å². The molecule has 3 aromatic heterocycles. The lowest BCUT2D eigenvalue weighted by atomic mass is 10.0. The number of hydrogen-bond acceptors (Lipinski definition) is 7. The van der Waals surface area contributed by atoms with Gasteiger partial charge in [0.15, 0.2) is 5.82 Å². The summed E-state index contributed by atoms with van der Waals surface area (Å²) in [6.07, 6.45) is 2.57. The number of aryl methyl sites for hydroxylation is 1. The minimum absolute atomic E-state index is 0.125. The summed E-state index contributed by atoms with van der Waals surface area (Å²) in [4.78, 5) is 21.3. The lowest BCUT2D eigenvalue weighted by Crippen LogP contribution is -2.49. The van der Waals surface area contributed by atoms with E-state index in [0.717, 1.165) is 49.3 Å². The normalized spacial score (nSPS) is 15.3. The van der Waals surface area contributed by atoms with Gasteiger partial charge >= 0.3 is 0 Å². The van der Waals surface area contributed by atoms with Crippen LogP contribution in [-0.2, 0) is 13.0 Å². The molecule has 0 bridgehead atoms. The van der Waals surface area contributed by atoms with Crippen molar-refractivity contribution in [3.05, 3.63) is 106 Å². The van der Waals surface area contributed by atoms with Crippen molar-refractivity contribution in [1.29, 1.82) is 0 Å². The van der Waals surface area contributed by atoms with E-state index >= 15 is 0 Å². The van der Waals surface area contributed by atoms with Crippen LogP contribution in [0, 0.1) is 0 Å². The van der Waals surface area contributed by atoms with Gasteiger partial charge in [0, 0.05) is 42.9 Å². The fourth-order valence-corrected chi connectivity index (χ4v) is 5.14. The molecule has 2 aromatic carbocycles. The van der Waals surface area contributed by atoms with Crippen LogP contribution in [0.15, 0.2) is 82.2 Å². The minimum Gasteiger partial charge on any atom is -0.467 e. The summed E-state index contributed by atoms with van der Waals surface area (Å²) >= 11 is 0. The van der Waals surface area contributed by atoms with Gasteiger partial charge in [0.25, 0.3) is 5.56 Å². The molecule has 9 nitrogen and oxygen atoms in total. The first-order valence-electron chi connectivity index (χ1n) is 12.7. The average Bonchev–Trinajstić information content (AvgIpc) is 3.63. The Hall–Kier alpha value is -4.24. The van der Waals surface area contributed by atoms with E-state index < -0.39 is 6.04 Å². The van der Waals surface area contributed by atoms with E-state index in [1.54, 1.807) is 10.9 Å². The lowest BCUT2D eigenvalue weighted by Gasteiger charge is -2.39. The topological polar surface area (TPSA) is 96.1 Å². The van der Waals surface area contributed by atoms with Crippen LogP contribution in [0.3, 0.4) is 0 Å². The van der Waals surface area contributed by atoms with Crippen LogP contribution < -0.4 is 10.5 Å². The van der Waals surface area contributed by atoms with Crippen LogP contribution in [0.25, 0.3) is 10.9 Å². The van der Waals surface area contributed by atoms with Gasteiger partial charge in [-0.1, -0.05) is 31.2 Å². The molecule has 1 aliphatic rings. The Morgan fingerprint density at radius 1 is 1.00 bits per heavy atom. The maximum atomic E-state index is 13.5. The summed E-state index contributed by atoms with van der Waals surface area (Å²) in [6, 6.07) is 22.0. The molecule has 0 aliphatic carbocycles. The maximum absolute atomic E-state index is 13.5. The first kappa shape index (κ1) is 23.2. The first-order chi connectivity index (χ1) is 18.2. The Balaban J connectivity index is 1.40.